The van der Waals surface area contributed by atoms with Gasteiger partial charge in [-0.05, 0) is 36.6 Å². The van der Waals surface area contributed by atoms with E-state index in [1.807, 2.05) is 0 Å². The van der Waals surface area contributed by atoms with E-state index in [9.17, 15) is 9.59 Å². The van der Waals surface area contributed by atoms with Crippen molar-refractivity contribution < 1.29 is 9.59 Å². The minimum absolute atomic E-state index is 0. The van der Waals surface area contributed by atoms with E-state index < -0.39 is 6.03 Å². The lowest BCUT2D eigenvalue weighted by atomic mass is 9.90. The molecule has 21 heavy (non-hydrogen) atoms. The molecule has 1 aliphatic heterocycles. The van der Waals surface area contributed by atoms with Crippen molar-refractivity contribution in [2.75, 3.05) is 25.0 Å². The van der Waals surface area contributed by atoms with Crippen molar-refractivity contribution in [1.29, 1.82) is 0 Å². The highest BCUT2D eigenvalue weighted by atomic mass is 35.5. The van der Waals surface area contributed by atoms with Gasteiger partial charge in [0, 0.05) is 24.3 Å². The molecule has 1 unspecified atom stereocenters. The Bertz CT molecular complexity index is 537. The van der Waals surface area contributed by atoms with Crippen molar-refractivity contribution in [2.24, 2.45) is 16.9 Å². The van der Waals surface area contributed by atoms with E-state index >= 15 is 0 Å². The number of nitrogens with zero attached hydrogens (tertiary/aromatic N) is 1. The molecule has 1 saturated heterocycles. The Kier molecular flexibility index (Phi) is 5.57. The van der Waals surface area contributed by atoms with Gasteiger partial charge in [0.2, 0.25) is 0 Å². The number of nitrogens with two attached hydrogens (primary N) is 2. The zero-order valence-corrected chi connectivity index (χ0v) is 12.8. The second kappa shape index (κ2) is 6.78. The Hall–Kier alpha value is -1.79. The number of carbonyl (C=O) groups excluding carboxylic acids is 2. The molecule has 0 aromatic heterocycles. The van der Waals surface area contributed by atoms with Gasteiger partial charge < -0.3 is 21.7 Å². The zero-order valence-electron chi connectivity index (χ0n) is 12.0. The highest BCUT2D eigenvalue weighted by Gasteiger charge is 2.35. The molecule has 7 heteroatoms. The monoisotopic (exact) mass is 312 g/mol. The summed E-state index contributed by atoms with van der Waals surface area (Å²) in [4.78, 5) is 25.1. The maximum atomic E-state index is 12.4. The van der Waals surface area contributed by atoms with Crippen LogP contribution in [0.3, 0.4) is 0 Å². The predicted molar refractivity (Wildman–Crippen MR) is 84.6 cm³/mol. The van der Waals surface area contributed by atoms with Crippen LogP contribution < -0.4 is 16.8 Å². The molecule has 3 amide bonds. The van der Waals surface area contributed by atoms with Crippen LogP contribution in [-0.2, 0) is 0 Å². The first-order chi connectivity index (χ1) is 9.43. The molecule has 1 heterocycles. The Morgan fingerprint density at radius 1 is 1.43 bits per heavy atom. The molecule has 1 fully saturated rings. The van der Waals surface area contributed by atoms with Crippen LogP contribution in [0.1, 0.15) is 23.7 Å². The van der Waals surface area contributed by atoms with Gasteiger partial charge in [0.05, 0.1) is 0 Å². The summed E-state index contributed by atoms with van der Waals surface area (Å²) >= 11 is 0. The Labute approximate surface area is 130 Å². The van der Waals surface area contributed by atoms with Crippen molar-refractivity contribution in [2.45, 2.75) is 13.3 Å². The van der Waals surface area contributed by atoms with Gasteiger partial charge >= 0.3 is 6.03 Å². The van der Waals surface area contributed by atoms with Crippen LogP contribution in [0, 0.1) is 5.41 Å². The highest BCUT2D eigenvalue weighted by molar-refractivity contribution is 5.96. The number of benzene rings is 1. The SMILES string of the molecule is CC1(CN)CCN(C(=O)c2cccc(NC(N)=O)c2)C1.Cl. The van der Waals surface area contributed by atoms with E-state index in [1.54, 1.807) is 29.2 Å². The molecule has 5 N–H and O–H groups in total. The van der Waals surface area contributed by atoms with E-state index in [0.717, 1.165) is 6.42 Å². The third-order valence-corrected chi connectivity index (χ3v) is 3.71. The van der Waals surface area contributed by atoms with Gasteiger partial charge in [0.15, 0.2) is 0 Å². The van der Waals surface area contributed by atoms with Crippen LogP contribution in [0.25, 0.3) is 0 Å². The standard InChI is InChI=1S/C14H20N4O2.ClH/c1-14(8-15)5-6-18(9-14)12(19)10-3-2-4-11(7-10)17-13(16)20;/h2-4,7H,5-6,8-9,15H2,1H3,(H3,16,17,20);1H. The number of amides is 3. The normalized spacial score (nSPS) is 20.8. The minimum Gasteiger partial charge on any atom is -0.351 e. The molecule has 0 bridgehead atoms. The number of hydrogen-bond donors (Lipinski definition) is 3. The van der Waals surface area contributed by atoms with Crippen LogP contribution in [0.4, 0.5) is 10.5 Å². The fourth-order valence-corrected chi connectivity index (χ4v) is 2.42. The van der Waals surface area contributed by atoms with E-state index in [0.29, 0.717) is 30.9 Å². The summed E-state index contributed by atoms with van der Waals surface area (Å²) in [7, 11) is 0. The molecule has 0 spiro atoms. The van der Waals surface area contributed by atoms with Gasteiger partial charge in [-0.3, -0.25) is 4.79 Å². The lowest BCUT2D eigenvalue weighted by molar-refractivity contribution is 0.0777. The van der Waals surface area contributed by atoms with Crippen molar-refractivity contribution in [3.05, 3.63) is 29.8 Å². The van der Waals surface area contributed by atoms with E-state index in [-0.39, 0.29) is 23.7 Å². The number of rotatable bonds is 3. The number of carbonyl (C=O) groups is 2. The molecule has 1 aromatic rings. The third-order valence-electron chi connectivity index (χ3n) is 3.71. The summed E-state index contributed by atoms with van der Waals surface area (Å²) in [5.74, 6) is -0.0460. The summed E-state index contributed by atoms with van der Waals surface area (Å²) in [6.45, 7) is 4.03. The molecule has 2 rings (SSSR count). The molecular weight excluding hydrogens is 292 g/mol. The third kappa shape index (κ3) is 4.09. The van der Waals surface area contributed by atoms with E-state index in [4.69, 9.17) is 11.5 Å². The van der Waals surface area contributed by atoms with Gasteiger partial charge in [-0.1, -0.05) is 13.0 Å². The molecule has 1 aliphatic rings. The van der Waals surface area contributed by atoms with Crippen LogP contribution in [-0.4, -0.2) is 36.5 Å². The van der Waals surface area contributed by atoms with Crippen molar-refractivity contribution in [3.63, 3.8) is 0 Å². The molecular formula is C14H21ClN4O2. The summed E-state index contributed by atoms with van der Waals surface area (Å²) in [5.41, 5.74) is 11.9. The molecule has 0 radical (unpaired) electrons. The van der Waals surface area contributed by atoms with Crippen LogP contribution in [0.2, 0.25) is 0 Å². The molecule has 0 saturated carbocycles. The van der Waals surface area contributed by atoms with Gasteiger partial charge in [0.1, 0.15) is 0 Å². The van der Waals surface area contributed by atoms with Crippen molar-refractivity contribution in [3.8, 4) is 0 Å². The van der Waals surface area contributed by atoms with Crippen LogP contribution in [0.15, 0.2) is 24.3 Å². The number of halogens is 1. The first-order valence-corrected chi connectivity index (χ1v) is 6.59. The maximum absolute atomic E-state index is 12.4. The first-order valence-electron chi connectivity index (χ1n) is 6.59. The Balaban J connectivity index is 0.00000220. The summed E-state index contributed by atoms with van der Waals surface area (Å²) in [6.07, 6.45) is 0.911. The fraction of sp³-hybridized carbons (Fsp3) is 0.429. The van der Waals surface area contributed by atoms with Gasteiger partial charge in [-0.15, -0.1) is 12.4 Å². The minimum atomic E-state index is -0.647. The largest absolute Gasteiger partial charge is 0.351 e. The number of anilines is 1. The number of hydrogen-bond acceptors (Lipinski definition) is 3. The lowest BCUT2D eigenvalue weighted by Gasteiger charge is -2.22. The number of primary amides is 1. The average molecular weight is 313 g/mol. The fourth-order valence-electron chi connectivity index (χ4n) is 2.42. The quantitative estimate of drug-likeness (QED) is 0.786. The van der Waals surface area contributed by atoms with E-state index in [1.165, 1.54) is 0 Å². The first kappa shape index (κ1) is 17.3. The highest BCUT2D eigenvalue weighted by Crippen LogP contribution is 2.29. The second-order valence-electron chi connectivity index (χ2n) is 5.56. The number of nitrogens with one attached hydrogen (secondary N) is 1. The van der Waals surface area contributed by atoms with Gasteiger partial charge in [-0.25, -0.2) is 4.79 Å². The van der Waals surface area contributed by atoms with E-state index in [2.05, 4.69) is 12.2 Å². The molecule has 1 atom stereocenters. The number of urea groups is 1. The number of likely N-dealkylation sites (tertiary alicyclic amines) is 1. The molecule has 1 aromatic carbocycles. The molecule has 116 valence electrons. The summed E-state index contributed by atoms with van der Waals surface area (Å²) in [5, 5.41) is 2.47. The van der Waals surface area contributed by atoms with Crippen LogP contribution >= 0.6 is 12.4 Å². The Morgan fingerprint density at radius 2 is 2.14 bits per heavy atom. The smallest absolute Gasteiger partial charge is 0.316 e. The topological polar surface area (TPSA) is 101 Å². The second-order valence-corrected chi connectivity index (χ2v) is 5.56. The van der Waals surface area contributed by atoms with Crippen molar-refractivity contribution in [1.82, 2.24) is 4.90 Å². The van der Waals surface area contributed by atoms with Crippen molar-refractivity contribution >= 4 is 30.0 Å². The summed E-state index contributed by atoms with van der Waals surface area (Å²) < 4.78 is 0. The molecule has 6 nitrogen and oxygen atoms in total. The zero-order chi connectivity index (χ0) is 14.8. The maximum Gasteiger partial charge on any atom is 0.316 e. The Morgan fingerprint density at radius 3 is 2.71 bits per heavy atom. The average Bonchev–Trinajstić information content (AvgIpc) is 2.81. The molecule has 0 aliphatic carbocycles. The summed E-state index contributed by atoms with van der Waals surface area (Å²) in [6, 6.07) is 6.12. The van der Waals surface area contributed by atoms with Gasteiger partial charge in [-0.2, -0.15) is 0 Å². The lowest BCUT2D eigenvalue weighted by Crippen LogP contribution is -2.34. The predicted octanol–water partition coefficient (Wildman–Crippen LogP) is 1.41. The van der Waals surface area contributed by atoms with Crippen LogP contribution in [0.5, 0.6) is 0 Å². The van der Waals surface area contributed by atoms with Gasteiger partial charge in [0.25, 0.3) is 5.91 Å².